The largest absolute Gasteiger partial charge is 0.497 e. The number of hydrogen-bond acceptors (Lipinski definition) is 3. The lowest BCUT2D eigenvalue weighted by Crippen LogP contribution is -2.39. The zero-order chi connectivity index (χ0) is 17.5. The molecule has 0 aliphatic rings. The van der Waals surface area contributed by atoms with Crippen molar-refractivity contribution in [3.8, 4) is 11.5 Å². The molecule has 0 aliphatic heterocycles. The van der Waals surface area contributed by atoms with Crippen LogP contribution in [0.1, 0.15) is 37.4 Å². The number of para-hydroxylation sites is 1. The number of benzene rings is 2. The summed E-state index contributed by atoms with van der Waals surface area (Å²) >= 11 is 0. The summed E-state index contributed by atoms with van der Waals surface area (Å²) in [6.07, 6.45) is 0.0991. The number of amides is 1. The van der Waals surface area contributed by atoms with E-state index in [1.165, 1.54) is 0 Å². The van der Waals surface area contributed by atoms with E-state index in [9.17, 15) is 4.79 Å². The predicted molar refractivity (Wildman–Crippen MR) is 95.4 cm³/mol. The Morgan fingerprint density at radius 1 is 1.12 bits per heavy atom. The molecule has 2 rings (SSSR count). The van der Waals surface area contributed by atoms with E-state index < -0.39 is 6.10 Å². The molecule has 0 unspecified atom stereocenters. The van der Waals surface area contributed by atoms with Crippen LogP contribution in [-0.2, 0) is 4.79 Å². The molecule has 4 nitrogen and oxygen atoms in total. The van der Waals surface area contributed by atoms with Gasteiger partial charge in [0.2, 0.25) is 0 Å². The molecule has 1 amide bonds. The van der Waals surface area contributed by atoms with Crippen LogP contribution in [0.4, 0.5) is 0 Å². The summed E-state index contributed by atoms with van der Waals surface area (Å²) in [4.78, 5) is 12.5. The van der Waals surface area contributed by atoms with Crippen LogP contribution in [0.2, 0.25) is 0 Å². The maximum atomic E-state index is 12.5. The molecular formula is C20H25NO3. The van der Waals surface area contributed by atoms with E-state index in [1.54, 1.807) is 7.11 Å². The van der Waals surface area contributed by atoms with Crippen molar-refractivity contribution in [3.63, 3.8) is 0 Å². The van der Waals surface area contributed by atoms with Gasteiger partial charge >= 0.3 is 0 Å². The quantitative estimate of drug-likeness (QED) is 0.835. The second kappa shape index (κ2) is 8.39. The molecule has 0 bridgehead atoms. The van der Waals surface area contributed by atoms with Crippen molar-refractivity contribution in [2.24, 2.45) is 0 Å². The molecule has 2 atom stereocenters. The Morgan fingerprint density at radius 3 is 2.38 bits per heavy atom. The number of nitrogens with one attached hydrogen (secondary N) is 1. The molecule has 0 saturated carbocycles. The summed E-state index contributed by atoms with van der Waals surface area (Å²) in [5.74, 6) is 1.44. The van der Waals surface area contributed by atoms with Crippen molar-refractivity contribution in [2.45, 2.75) is 39.3 Å². The highest BCUT2D eigenvalue weighted by Crippen LogP contribution is 2.20. The van der Waals surface area contributed by atoms with E-state index in [0.29, 0.717) is 6.42 Å². The smallest absolute Gasteiger partial charge is 0.261 e. The van der Waals surface area contributed by atoms with Crippen LogP contribution in [0.25, 0.3) is 0 Å². The number of carbonyl (C=O) groups is 1. The van der Waals surface area contributed by atoms with Gasteiger partial charge in [0.05, 0.1) is 13.2 Å². The van der Waals surface area contributed by atoms with Crippen molar-refractivity contribution in [2.75, 3.05) is 7.11 Å². The summed E-state index contributed by atoms with van der Waals surface area (Å²) < 4.78 is 11.1. The summed E-state index contributed by atoms with van der Waals surface area (Å²) in [5, 5.41) is 3.02. The van der Waals surface area contributed by atoms with E-state index in [2.05, 4.69) is 5.32 Å². The summed E-state index contributed by atoms with van der Waals surface area (Å²) in [6, 6.07) is 15.3. The Bertz CT molecular complexity index is 667. The highest BCUT2D eigenvalue weighted by atomic mass is 16.5. The third-order valence-electron chi connectivity index (χ3n) is 4.00. The minimum Gasteiger partial charge on any atom is -0.497 e. The zero-order valence-corrected chi connectivity index (χ0v) is 14.7. The Hall–Kier alpha value is -2.49. The van der Waals surface area contributed by atoms with Crippen molar-refractivity contribution in [3.05, 3.63) is 59.7 Å². The van der Waals surface area contributed by atoms with Gasteiger partial charge in [-0.25, -0.2) is 0 Å². The molecule has 24 heavy (non-hydrogen) atoms. The zero-order valence-electron chi connectivity index (χ0n) is 14.7. The first-order chi connectivity index (χ1) is 11.5. The highest BCUT2D eigenvalue weighted by Gasteiger charge is 2.21. The van der Waals surface area contributed by atoms with Gasteiger partial charge in [0.15, 0.2) is 6.10 Å². The second-order valence-corrected chi connectivity index (χ2v) is 5.78. The lowest BCUT2D eigenvalue weighted by atomic mass is 10.1. The van der Waals surface area contributed by atoms with Gasteiger partial charge in [-0.15, -0.1) is 0 Å². The molecule has 2 aromatic rings. The Kier molecular flexibility index (Phi) is 6.24. The first kappa shape index (κ1) is 17.9. The molecular weight excluding hydrogens is 302 g/mol. The molecule has 0 saturated heterocycles. The van der Waals surface area contributed by atoms with Crippen LogP contribution in [0, 0.1) is 6.92 Å². The van der Waals surface area contributed by atoms with E-state index in [1.807, 2.05) is 69.3 Å². The van der Waals surface area contributed by atoms with Crippen LogP contribution < -0.4 is 14.8 Å². The number of hydrogen-bond donors (Lipinski definition) is 1. The normalized spacial score (nSPS) is 13.0. The molecule has 4 heteroatoms. The summed E-state index contributed by atoms with van der Waals surface area (Å²) in [5.41, 5.74) is 2.04. The predicted octanol–water partition coefficient (Wildman–Crippen LogP) is 4.04. The number of rotatable bonds is 7. The number of carbonyl (C=O) groups excluding carboxylic acids is 1. The maximum Gasteiger partial charge on any atom is 0.261 e. The first-order valence-electron chi connectivity index (χ1n) is 8.21. The minimum atomic E-state index is -0.508. The lowest BCUT2D eigenvalue weighted by molar-refractivity contribution is -0.128. The molecule has 128 valence electrons. The Balaban J connectivity index is 2.01. The van der Waals surface area contributed by atoms with E-state index in [-0.39, 0.29) is 11.9 Å². The third kappa shape index (κ3) is 4.51. The van der Waals surface area contributed by atoms with Gasteiger partial charge in [-0.2, -0.15) is 0 Å². The van der Waals surface area contributed by atoms with E-state index >= 15 is 0 Å². The van der Waals surface area contributed by atoms with Gasteiger partial charge in [-0.1, -0.05) is 37.3 Å². The standard InChI is InChI=1S/C20H25NO3/c1-5-18(24-19-9-7-6-8-14(19)2)20(22)21-15(3)16-10-12-17(23-4)13-11-16/h6-13,15,18H,5H2,1-4H3,(H,21,22)/t15-,18-/m0/s1. The minimum absolute atomic E-state index is 0.0991. The van der Waals surface area contributed by atoms with Crippen LogP contribution in [0.3, 0.4) is 0 Å². The molecule has 0 fully saturated rings. The van der Waals surface area contributed by atoms with Crippen molar-refractivity contribution >= 4 is 5.91 Å². The van der Waals surface area contributed by atoms with Gasteiger partial charge < -0.3 is 14.8 Å². The molecule has 0 aliphatic carbocycles. The number of ether oxygens (including phenoxy) is 2. The van der Waals surface area contributed by atoms with E-state index in [0.717, 1.165) is 22.6 Å². The number of methoxy groups -OCH3 is 1. The number of aryl methyl sites for hydroxylation is 1. The Morgan fingerprint density at radius 2 is 1.79 bits per heavy atom. The van der Waals surface area contributed by atoms with Gasteiger partial charge in [-0.3, -0.25) is 4.79 Å². The van der Waals surface area contributed by atoms with Gasteiger partial charge in [0.25, 0.3) is 5.91 Å². The van der Waals surface area contributed by atoms with Gasteiger partial charge in [-0.05, 0) is 49.6 Å². The molecule has 0 radical (unpaired) electrons. The fraction of sp³-hybridized carbons (Fsp3) is 0.350. The fourth-order valence-electron chi connectivity index (χ4n) is 2.45. The topological polar surface area (TPSA) is 47.6 Å². The summed E-state index contributed by atoms with van der Waals surface area (Å²) in [6.45, 7) is 5.88. The monoisotopic (exact) mass is 327 g/mol. The molecule has 0 spiro atoms. The van der Waals surface area contributed by atoms with Crippen LogP contribution >= 0.6 is 0 Å². The average molecular weight is 327 g/mol. The van der Waals surface area contributed by atoms with Crippen molar-refractivity contribution in [1.29, 1.82) is 0 Å². The third-order valence-corrected chi connectivity index (χ3v) is 4.00. The fourth-order valence-corrected chi connectivity index (χ4v) is 2.45. The maximum absolute atomic E-state index is 12.5. The SMILES string of the molecule is CC[C@H](Oc1ccccc1C)C(=O)N[C@@H](C)c1ccc(OC)cc1. The van der Waals surface area contributed by atoms with E-state index in [4.69, 9.17) is 9.47 Å². The van der Waals surface area contributed by atoms with Crippen LogP contribution in [0.5, 0.6) is 11.5 Å². The first-order valence-corrected chi connectivity index (χ1v) is 8.21. The van der Waals surface area contributed by atoms with Gasteiger partial charge in [0, 0.05) is 0 Å². The molecule has 1 N–H and O–H groups in total. The lowest BCUT2D eigenvalue weighted by Gasteiger charge is -2.21. The molecule has 0 heterocycles. The second-order valence-electron chi connectivity index (χ2n) is 5.78. The Labute approximate surface area is 143 Å². The molecule has 2 aromatic carbocycles. The van der Waals surface area contributed by atoms with Crippen molar-refractivity contribution < 1.29 is 14.3 Å². The van der Waals surface area contributed by atoms with Crippen molar-refractivity contribution in [1.82, 2.24) is 5.32 Å². The van der Waals surface area contributed by atoms with Crippen LogP contribution in [-0.4, -0.2) is 19.1 Å². The average Bonchev–Trinajstić information content (AvgIpc) is 2.61. The molecule has 0 aromatic heterocycles. The van der Waals surface area contributed by atoms with Crippen LogP contribution in [0.15, 0.2) is 48.5 Å². The van der Waals surface area contributed by atoms with Gasteiger partial charge in [0.1, 0.15) is 11.5 Å². The highest BCUT2D eigenvalue weighted by molar-refractivity contribution is 5.81. The summed E-state index contributed by atoms with van der Waals surface area (Å²) in [7, 11) is 1.63.